The number of methoxy groups -OCH3 is 4. The van der Waals surface area contributed by atoms with Crippen LogP contribution in [0.25, 0.3) is 39.1 Å². The van der Waals surface area contributed by atoms with Crippen molar-refractivity contribution in [2.75, 3.05) is 28.4 Å². The molecule has 0 spiro atoms. The van der Waals surface area contributed by atoms with Crippen molar-refractivity contribution in [2.24, 2.45) is 7.05 Å². The van der Waals surface area contributed by atoms with Crippen LogP contribution in [0, 0.1) is 6.92 Å². The normalized spacial score (nSPS) is 12.4. The van der Waals surface area contributed by atoms with Crippen LogP contribution >= 0.6 is 0 Å². The Morgan fingerprint density at radius 2 is 0.694 bits per heavy atom. The highest BCUT2D eigenvalue weighted by atomic mass is 32.2. The van der Waals surface area contributed by atoms with Crippen molar-refractivity contribution in [3.05, 3.63) is 303 Å². The van der Waals surface area contributed by atoms with Gasteiger partial charge in [-0.1, -0.05) is 78.9 Å². The highest BCUT2D eigenvalue weighted by Gasteiger charge is 2.38. The van der Waals surface area contributed by atoms with E-state index in [9.17, 15) is 121 Å². The van der Waals surface area contributed by atoms with Gasteiger partial charge in [-0.25, -0.2) is 52.8 Å². The summed E-state index contributed by atoms with van der Waals surface area (Å²) < 4.78 is 286. The van der Waals surface area contributed by atoms with Gasteiger partial charge < -0.3 is 39.4 Å². The Kier molecular flexibility index (Phi) is 29.1. The molecule has 23 nitrogen and oxygen atoms in total. The van der Waals surface area contributed by atoms with Crippen molar-refractivity contribution < 1.29 is 145 Å². The Bertz CT molecular complexity index is 6260. The van der Waals surface area contributed by atoms with E-state index in [2.05, 4.69) is 10.1 Å². The summed E-state index contributed by atoms with van der Waals surface area (Å²) in [5, 5.41) is 40.9. The molecular formula is C85H69F12N3O20S4. The molecule has 11 aromatic rings. The van der Waals surface area contributed by atoms with Crippen LogP contribution < -0.4 is 18.9 Å². The van der Waals surface area contributed by atoms with Crippen molar-refractivity contribution >= 4 is 68.8 Å². The molecule has 0 fully saturated rings. The number of aryl methyl sites for hydroxylation is 2. The third kappa shape index (κ3) is 23.2. The van der Waals surface area contributed by atoms with Crippen LogP contribution in [0.1, 0.15) is 104 Å². The number of aromatic nitrogens is 3. The van der Waals surface area contributed by atoms with E-state index in [0.29, 0.717) is 45.6 Å². The zero-order valence-electron chi connectivity index (χ0n) is 65.2. The van der Waals surface area contributed by atoms with Gasteiger partial charge in [0.1, 0.15) is 42.6 Å². The zero-order valence-corrected chi connectivity index (χ0v) is 68.5. The predicted molar refractivity (Wildman–Crippen MR) is 426 cm³/mol. The van der Waals surface area contributed by atoms with Crippen molar-refractivity contribution in [1.82, 2.24) is 14.8 Å². The Hall–Kier alpha value is -13.1. The van der Waals surface area contributed by atoms with Gasteiger partial charge in [-0.05, 0) is 197 Å². The van der Waals surface area contributed by atoms with Crippen molar-refractivity contribution in [3.8, 4) is 56.5 Å². The highest BCUT2D eigenvalue weighted by molar-refractivity contribution is 7.91. The summed E-state index contributed by atoms with van der Waals surface area (Å²) in [5.41, 5.74) is -1.44. The van der Waals surface area contributed by atoms with Gasteiger partial charge in [0, 0.05) is 30.6 Å². The van der Waals surface area contributed by atoms with Crippen LogP contribution in [0.4, 0.5) is 52.7 Å². The maximum atomic E-state index is 13.3. The second kappa shape index (κ2) is 38.1. The van der Waals surface area contributed by atoms with E-state index in [1.165, 1.54) is 118 Å². The van der Waals surface area contributed by atoms with E-state index in [1.807, 2.05) is 6.08 Å². The minimum absolute atomic E-state index is 0.0254. The zero-order chi connectivity index (χ0) is 91.6. The maximum absolute atomic E-state index is 13.3. The van der Waals surface area contributed by atoms with Crippen molar-refractivity contribution in [3.63, 3.8) is 0 Å². The van der Waals surface area contributed by atoms with Gasteiger partial charge in [0.25, 0.3) is 0 Å². The lowest BCUT2D eigenvalue weighted by atomic mass is 9.97. The van der Waals surface area contributed by atoms with E-state index in [4.69, 9.17) is 24.1 Å². The number of nitrogens with zero attached hydrogens (tertiary/aromatic N) is 3. The molecule has 652 valence electrons. The number of sulfone groups is 4. The fourth-order valence-electron chi connectivity index (χ4n) is 12.7. The standard InChI is InChI=1S/C22H17F3O5S.C21H19F3N2O5S.C21H16F3NO5S.C21H17F3O5S/c1-30-19-10-7-15(21(26)27)12-20(19)31(28,29)13-16-11-17(22(23,24)25)8-9-18(16)14-5-3-2-4-6-14;1-12-8-17(26(2)25-12)16-6-5-15(21(22,23)24)9-14(16)11-32(29,30)19-10-13(20(27)28)4-7-18(19)31-3;1-30-18-7-4-13(20(26)27)10-19(18)31(28,29)12-15-9-16(21(22,23)24)5-6-17(15)14-3-2-8-25-11-14;1-29-18-9-6-14(20(25)26)11-19(18)30(27,28)12-15-10-16(21(22,23)24)7-8-17(15)13-4-2-3-5-13/h2-12H,13H2,1H3,(H,26,27);4-10H,11H2,1-3H3,(H,27,28);2-11H,12H2,1H3,(H,26,27);2-4,6-11H,5,12H2,1H3,(H,25,26). The summed E-state index contributed by atoms with van der Waals surface area (Å²) in [6, 6.07) is 38.0. The Morgan fingerprint density at radius 3 is 0.976 bits per heavy atom. The first-order valence-corrected chi connectivity index (χ1v) is 42.2. The van der Waals surface area contributed by atoms with Crippen LogP contribution in [0.3, 0.4) is 0 Å². The van der Waals surface area contributed by atoms with Crippen LogP contribution in [0.2, 0.25) is 0 Å². The summed E-state index contributed by atoms with van der Waals surface area (Å²) >= 11 is 0. The third-order valence-corrected chi connectivity index (χ3v) is 25.3. The second-order valence-corrected chi connectivity index (χ2v) is 34.8. The van der Waals surface area contributed by atoms with Gasteiger partial charge >= 0.3 is 48.6 Å². The number of allylic oxidation sites excluding steroid dienone is 4. The number of benzene rings is 9. The van der Waals surface area contributed by atoms with Crippen molar-refractivity contribution in [1.29, 1.82) is 0 Å². The van der Waals surface area contributed by atoms with Gasteiger partial charge in [-0.3, -0.25) is 9.67 Å². The molecule has 0 aliphatic heterocycles. The Morgan fingerprint density at radius 1 is 0.387 bits per heavy atom. The SMILES string of the molecule is COc1ccc(C(=O)O)cc1S(=O)(=O)Cc1cc(C(F)(F)F)ccc1-c1cc(C)nn1C.COc1ccc(C(=O)O)cc1S(=O)(=O)Cc1cc(C(F)(F)F)ccc1-c1ccccc1.COc1ccc(C(=O)O)cc1S(=O)(=O)Cc1cc(C(F)(F)F)ccc1-c1cccnc1.COc1ccc(C(=O)O)cc1S(=O)(=O)Cc1cc(C(F)(F)F)ccc1C1=CC=CC1. The summed E-state index contributed by atoms with van der Waals surface area (Å²) in [6.45, 7) is 1.70. The van der Waals surface area contributed by atoms with E-state index < -0.39 is 153 Å². The molecule has 12 rings (SSSR count). The molecule has 2 aromatic heterocycles. The molecule has 0 saturated carbocycles. The number of carboxylic acids is 4. The number of pyridine rings is 1. The molecule has 9 aromatic carbocycles. The fraction of sp³-hybridized carbons (Fsp3) is 0.176. The number of hydrogen-bond acceptors (Lipinski definition) is 18. The van der Waals surface area contributed by atoms with Gasteiger partial charge in [-0.2, -0.15) is 57.8 Å². The minimum Gasteiger partial charge on any atom is -0.495 e. The fourth-order valence-corrected chi connectivity index (χ4v) is 18.9. The summed E-state index contributed by atoms with van der Waals surface area (Å²) in [6.07, 6.45) is -10.0. The van der Waals surface area contributed by atoms with E-state index in [0.717, 1.165) is 72.8 Å². The van der Waals surface area contributed by atoms with E-state index >= 15 is 0 Å². The van der Waals surface area contributed by atoms with Crippen LogP contribution in [-0.4, -0.2) is 121 Å². The highest BCUT2D eigenvalue weighted by Crippen LogP contribution is 2.43. The number of rotatable bonds is 24. The molecule has 124 heavy (non-hydrogen) atoms. The number of aromatic carboxylic acids is 4. The topological polar surface area (TPSA) is 353 Å². The molecule has 0 atom stereocenters. The molecule has 0 radical (unpaired) electrons. The number of halogens is 12. The minimum atomic E-state index is -4.68. The first-order valence-electron chi connectivity index (χ1n) is 35.6. The lowest BCUT2D eigenvalue weighted by Gasteiger charge is -2.16. The molecular weight excluding hydrogens is 1740 g/mol. The van der Waals surface area contributed by atoms with Gasteiger partial charge in [-0.15, -0.1) is 0 Å². The maximum Gasteiger partial charge on any atom is 0.416 e. The Balaban J connectivity index is 0.000000187. The Labute approximate surface area is 700 Å². The molecule has 0 unspecified atom stereocenters. The number of alkyl halides is 12. The molecule has 2 heterocycles. The molecule has 0 saturated heterocycles. The molecule has 0 amide bonds. The molecule has 39 heteroatoms. The average molecular weight is 1810 g/mol. The van der Waals surface area contributed by atoms with Crippen molar-refractivity contribution in [2.45, 2.75) is 80.6 Å². The molecule has 1 aliphatic rings. The lowest BCUT2D eigenvalue weighted by Crippen LogP contribution is -2.12. The van der Waals surface area contributed by atoms with Gasteiger partial charge in [0.15, 0.2) is 39.3 Å². The van der Waals surface area contributed by atoms with Crippen LogP contribution in [0.5, 0.6) is 23.0 Å². The lowest BCUT2D eigenvalue weighted by molar-refractivity contribution is -0.138. The number of ether oxygens (including phenoxy) is 4. The van der Waals surface area contributed by atoms with Gasteiger partial charge in [0.2, 0.25) is 0 Å². The average Bonchev–Trinajstić information content (AvgIpc) is 1.14. The first-order chi connectivity index (χ1) is 57.9. The first kappa shape index (κ1) is 94.7. The monoisotopic (exact) mass is 1810 g/mol. The van der Waals surface area contributed by atoms with Crippen LogP contribution in [-0.2, 0) is 94.1 Å². The summed E-state index contributed by atoms with van der Waals surface area (Å²) in [7, 11) is -10.6. The van der Waals surface area contributed by atoms with Crippen LogP contribution in [0.15, 0.2) is 244 Å². The number of carboxylic acid groups (broad SMARTS) is 4. The predicted octanol–water partition coefficient (Wildman–Crippen LogP) is 18.3. The quantitative estimate of drug-likeness (QED) is 0.0408. The van der Waals surface area contributed by atoms with Gasteiger partial charge in [0.05, 0.1) is 107 Å². The third-order valence-electron chi connectivity index (χ3n) is 18.5. The smallest absolute Gasteiger partial charge is 0.416 e. The second-order valence-electron chi connectivity index (χ2n) is 26.9. The number of carbonyl (C=O) groups is 4. The summed E-state index contributed by atoms with van der Waals surface area (Å²) in [4.78, 5) is 47.4. The molecule has 4 N–H and O–H groups in total. The summed E-state index contributed by atoms with van der Waals surface area (Å²) in [5.74, 6) is -8.93. The molecule has 1 aliphatic carbocycles. The van der Waals surface area contributed by atoms with E-state index in [1.54, 1.807) is 74.7 Å². The van der Waals surface area contributed by atoms with E-state index in [-0.39, 0.29) is 78.6 Å². The molecule has 0 bridgehead atoms. The number of hydrogen-bond donors (Lipinski definition) is 4. The largest absolute Gasteiger partial charge is 0.495 e.